The van der Waals surface area contributed by atoms with Gasteiger partial charge in [0.05, 0.1) is 5.92 Å². The number of benzene rings is 1. The third-order valence-corrected chi connectivity index (χ3v) is 4.95. The van der Waals surface area contributed by atoms with E-state index >= 15 is 0 Å². The zero-order valence-corrected chi connectivity index (χ0v) is 18.1. The highest BCUT2D eigenvalue weighted by Crippen LogP contribution is 2.30. The Kier molecular flexibility index (Phi) is 8.98. The highest BCUT2D eigenvalue weighted by Gasteiger charge is 2.40. The standard InChI is InChI=1S/C22H28F3N5O2/c1-14(2)29-21(32)17-5-4-6-19(17)30-20(18(11-26-3)22(23,24)25)28-13-27-16-9-7-15(12-31)8-10-16/h7-12,14,17,19,27H,3-6,13H2,1-2H3,(H,28,30)(H,29,32)/b18-11+. The van der Waals surface area contributed by atoms with Gasteiger partial charge in [0.1, 0.15) is 24.4 Å². The van der Waals surface area contributed by atoms with Crippen LogP contribution < -0.4 is 16.0 Å². The van der Waals surface area contributed by atoms with Crippen LogP contribution in [0.2, 0.25) is 0 Å². The van der Waals surface area contributed by atoms with Gasteiger partial charge in [0.25, 0.3) is 0 Å². The molecule has 1 fully saturated rings. The Balaban J connectivity index is 2.24. The number of amidine groups is 1. The molecule has 1 aliphatic rings. The second-order valence-electron chi connectivity index (χ2n) is 7.76. The smallest absolute Gasteiger partial charge is 0.366 e. The SMILES string of the molecule is C=N/C=C(\C(=N/CNc1ccc(C=O)cc1)NC1CCCC1C(=O)NC(C)C)C(F)(F)F. The molecule has 0 radical (unpaired) electrons. The average Bonchev–Trinajstić information content (AvgIpc) is 3.19. The zero-order chi connectivity index (χ0) is 23.7. The number of alkyl halides is 3. The molecule has 1 amide bonds. The number of amides is 1. The summed E-state index contributed by atoms with van der Waals surface area (Å²) in [5.41, 5.74) is 0.00126. The van der Waals surface area contributed by atoms with Crippen molar-refractivity contribution in [3.05, 3.63) is 41.6 Å². The molecule has 0 heterocycles. The number of nitrogens with zero attached hydrogens (tertiary/aromatic N) is 2. The van der Waals surface area contributed by atoms with Gasteiger partial charge in [-0.2, -0.15) is 13.2 Å². The predicted molar refractivity (Wildman–Crippen MR) is 119 cm³/mol. The molecule has 2 unspecified atom stereocenters. The van der Waals surface area contributed by atoms with Crippen LogP contribution in [0.1, 0.15) is 43.5 Å². The van der Waals surface area contributed by atoms with E-state index in [-0.39, 0.29) is 18.6 Å². The van der Waals surface area contributed by atoms with Gasteiger partial charge in [-0.3, -0.25) is 14.6 Å². The van der Waals surface area contributed by atoms with E-state index in [1.165, 1.54) is 0 Å². The normalized spacial score (nSPS) is 19.6. The van der Waals surface area contributed by atoms with Crippen LogP contribution in [0.25, 0.3) is 0 Å². The maximum atomic E-state index is 13.7. The molecular weight excluding hydrogens is 423 g/mol. The summed E-state index contributed by atoms with van der Waals surface area (Å²) in [6.07, 6.45) is -1.57. The topological polar surface area (TPSA) is 94.9 Å². The molecule has 3 N–H and O–H groups in total. The average molecular weight is 451 g/mol. The maximum Gasteiger partial charge on any atom is 0.421 e. The van der Waals surface area contributed by atoms with Crippen LogP contribution in [0.4, 0.5) is 18.9 Å². The van der Waals surface area contributed by atoms with Crippen LogP contribution >= 0.6 is 0 Å². The van der Waals surface area contributed by atoms with Gasteiger partial charge in [-0.15, -0.1) is 0 Å². The van der Waals surface area contributed by atoms with Crippen LogP contribution in [0.15, 0.2) is 46.0 Å². The van der Waals surface area contributed by atoms with Crippen molar-refractivity contribution in [2.75, 3.05) is 12.0 Å². The van der Waals surface area contributed by atoms with Crippen molar-refractivity contribution in [2.45, 2.75) is 51.4 Å². The lowest BCUT2D eigenvalue weighted by atomic mass is 10.0. The number of aldehydes is 1. The van der Waals surface area contributed by atoms with Crippen molar-refractivity contribution in [3.63, 3.8) is 0 Å². The first-order chi connectivity index (χ1) is 15.2. The molecule has 0 saturated heterocycles. The van der Waals surface area contributed by atoms with Gasteiger partial charge < -0.3 is 16.0 Å². The minimum atomic E-state index is -4.72. The second kappa shape index (κ2) is 11.4. The van der Waals surface area contributed by atoms with Crippen molar-refractivity contribution in [1.82, 2.24) is 10.6 Å². The first kappa shape index (κ1) is 25.1. The maximum absolute atomic E-state index is 13.7. The van der Waals surface area contributed by atoms with E-state index in [1.54, 1.807) is 24.3 Å². The molecule has 1 aliphatic carbocycles. The summed E-state index contributed by atoms with van der Waals surface area (Å²) in [5, 5.41) is 8.56. The number of carbonyl (C=O) groups excluding carboxylic acids is 2. The van der Waals surface area contributed by atoms with E-state index in [9.17, 15) is 22.8 Å². The molecule has 32 heavy (non-hydrogen) atoms. The molecule has 10 heteroatoms. The molecule has 1 aromatic rings. The molecule has 0 spiro atoms. The third kappa shape index (κ3) is 7.21. The van der Waals surface area contributed by atoms with E-state index in [1.807, 2.05) is 13.8 Å². The fraction of sp³-hybridized carbons (Fsp3) is 0.455. The molecule has 1 aromatic carbocycles. The van der Waals surface area contributed by atoms with Gasteiger partial charge in [0, 0.05) is 29.5 Å². The summed E-state index contributed by atoms with van der Waals surface area (Å²) >= 11 is 0. The number of hydrogen-bond donors (Lipinski definition) is 3. The number of nitrogens with one attached hydrogen (secondary N) is 3. The number of carbonyl (C=O) groups is 2. The Morgan fingerprint density at radius 1 is 1.25 bits per heavy atom. The quantitative estimate of drug-likeness (QED) is 0.303. The highest BCUT2D eigenvalue weighted by atomic mass is 19.4. The number of hydrogen-bond acceptors (Lipinski definition) is 5. The molecular formula is C22H28F3N5O2. The first-order valence-corrected chi connectivity index (χ1v) is 10.3. The number of halogens is 3. The number of rotatable bonds is 9. The summed E-state index contributed by atoms with van der Waals surface area (Å²) in [6, 6.07) is 5.86. The molecule has 2 atom stereocenters. The van der Waals surface area contributed by atoms with Gasteiger partial charge in [0.2, 0.25) is 5.91 Å². The summed E-state index contributed by atoms with van der Waals surface area (Å²) in [7, 11) is 0. The molecule has 0 bridgehead atoms. The van der Waals surface area contributed by atoms with E-state index in [0.29, 0.717) is 43.0 Å². The van der Waals surface area contributed by atoms with Crippen LogP contribution in [0, 0.1) is 5.92 Å². The van der Waals surface area contributed by atoms with Crippen molar-refractivity contribution in [3.8, 4) is 0 Å². The van der Waals surface area contributed by atoms with Crippen molar-refractivity contribution in [1.29, 1.82) is 0 Å². The van der Waals surface area contributed by atoms with Gasteiger partial charge in [-0.1, -0.05) is 6.42 Å². The van der Waals surface area contributed by atoms with Crippen molar-refractivity contribution < 1.29 is 22.8 Å². The van der Waals surface area contributed by atoms with E-state index < -0.39 is 29.5 Å². The number of aliphatic imine (C=N–C) groups is 2. The minimum absolute atomic E-state index is 0.0673. The summed E-state index contributed by atoms with van der Waals surface area (Å²) in [4.78, 5) is 30.6. The van der Waals surface area contributed by atoms with Crippen LogP contribution in [0.3, 0.4) is 0 Å². The monoisotopic (exact) mass is 451 g/mol. The lowest BCUT2D eigenvalue weighted by Crippen LogP contribution is -2.47. The van der Waals surface area contributed by atoms with Gasteiger partial charge >= 0.3 is 6.18 Å². The molecule has 174 valence electrons. The van der Waals surface area contributed by atoms with Gasteiger partial charge in [0.15, 0.2) is 0 Å². The van der Waals surface area contributed by atoms with E-state index in [4.69, 9.17) is 0 Å². The minimum Gasteiger partial charge on any atom is -0.366 e. The molecule has 1 saturated carbocycles. The molecule has 0 aliphatic heterocycles. The first-order valence-electron chi connectivity index (χ1n) is 10.3. The van der Waals surface area contributed by atoms with Crippen molar-refractivity contribution in [2.24, 2.45) is 15.9 Å². The lowest BCUT2D eigenvalue weighted by Gasteiger charge is -2.25. The molecule has 7 nitrogen and oxygen atoms in total. The van der Waals surface area contributed by atoms with Gasteiger partial charge in [-0.25, -0.2) is 4.99 Å². The third-order valence-electron chi connectivity index (χ3n) is 4.95. The predicted octanol–water partition coefficient (Wildman–Crippen LogP) is 3.70. The Morgan fingerprint density at radius 2 is 1.94 bits per heavy atom. The van der Waals surface area contributed by atoms with Crippen LogP contribution in [-0.2, 0) is 4.79 Å². The Bertz CT molecular complexity index is 863. The molecule has 2 rings (SSSR count). The van der Waals surface area contributed by atoms with Gasteiger partial charge in [-0.05, 0) is 57.7 Å². The fourth-order valence-corrected chi connectivity index (χ4v) is 3.47. The highest BCUT2D eigenvalue weighted by molar-refractivity contribution is 6.00. The zero-order valence-electron chi connectivity index (χ0n) is 18.1. The van der Waals surface area contributed by atoms with Crippen molar-refractivity contribution >= 4 is 30.4 Å². The summed E-state index contributed by atoms with van der Waals surface area (Å²) in [5.74, 6) is -1.06. The Hall–Kier alpha value is -3.17. The Labute approximate surface area is 185 Å². The number of anilines is 1. The van der Waals surface area contributed by atoms with Crippen LogP contribution in [0.5, 0.6) is 0 Å². The summed E-state index contributed by atoms with van der Waals surface area (Å²) < 4.78 is 41.0. The van der Waals surface area contributed by atoms with Crippen LogP contribution in [-0.4, -0.2) is 49.7 Å². The lowest BCUT2D eigenvalue weighted by molar-refractivity contribution is -0.125. The largest absolute Gasteiger partial charge is 0.421 e. The fourth-order valence-electron chi connectivity index (χ4n) is 3.47. The van der Waals surface area contributed by atoms with E-state index in [2.05, 4.69) is 32.7 Å². The molecule has 0 aromatic heterocycles. The van der Waals surface area contributed by atoms with E-state index in [0.717, 1.165) is 0 Å². The second-order valence-corrected chi connectivity index (χ2v) is 7.76. The Morgan fingerprint density at radius 3 is 2.50 bits per heavy atom. The summed E-state index contributed by atoms with van der Waals surface area (Å²) in [6.45, 7) is 6.63.